The van der Waals surface area contributed by atoms with E-state index < -0.39 is 25.7 Å². The first kappa shape index (κ1) is 14.7. The van der Waals surface area contributed by atoms with Crippen LogP contribution in [0.3, 0.4) is 0 Å². The molecule has 0 aromatic heterocycles. The number of halogens is 3. The first-order valence-electron chi connectivity index (χ1n) is 5.51. The van der Waals surface area contributed by atoms with Crippen LogP contribution in [0.5, 0.6) is 0 Å². The van der Waals surface area contributed by atoms with Crippen molar-refractivity contribution in [2.75, 3.05) is 6.54 Å². The van der Waals surface area contributed by atoms with Crippen molar-refractivity contribution in [1.29, 1.82) is 0 Å². The molecule has 1 aliphatic rings. The average molecular weight is 371 g/mol. The van der Waals surface area contributed by atoms with Crippen LogP contribution in [0.15, 0.2) is 21.5 Å². The SMILES string of the molecule is O=C(NCC1CC1)c1cc(Br)cc(S(=O)(=O)Cl)c1F. The lowest BCUT2D eigenvalue weighted by Crippen LogP contribution is -2.26. The van der Waals surface area contributed by atoms with E-state index >= 15 is 0 Å². The number of hydrogen-bond donors (Lipinski definition) is 1. The van der Waals surface area contributed by atoms with Gasteiger partial charge in [-0.15, -0.1) is 0 Å². The number of benzene rings is 1. The molecule has 1 fully saturated rings. The molecular formula is C11H10BrClFNO3S. The van der Waals surface area contributed by atoms with E-state index in [1.165, 1.54) is 6.07 Å². The number of carbonyl (C=O) groups is 1. The fourth-order valence-corrected chi connectivity index (χ4v) is 3.10. The van der Waals surface area contributed by atoms with Crippen molar-refractivity contribution < 1.29 is 17.6 Å². The molecule has 2 rings (SSSR count). The Kier molecular flexibility index (Phi) is 4.17. The molecule has 0 saturated heterocycles. The molecule has 1 N–H and O–H groups in total. The van der Waals surface area contributed by atoms with Crippen molar-refractivity contribution in [3.63, 3.8) is 0 Å². The quantitative estimate of drug-likeness (QED) is 0.829. The highest BCUT2D eigenvalue weighted by Crippen LogP contribution is 2.29. The molecule has 0 spiro atoms. The molecular weight excluding hydrogens is 361 g/mol. The molecule has 1 amide bonds. The molecule has 4 nitrogen and oxygen atoms in total. The van der Waals surface area contributed by atoms with E-state index in [9.17, 15) is 17.6 Å². The van der Waals surface area contributed by atoms with Crippen LogP contribution in [0.25, 0.3) is 0 Å². The minimum atomic E-state index is -4.24. The van der Waals surface area contributed by atoms with E-state index in [4.69, 9.17) is 10.7 Å². The van der Waals surface area contributed by atoms with E-state index in [1.54, 1.807) is 0 Å². The lowest BCUT2D eigenvalue weighted by Gasteiger charge is -2.08. The second-order valence-corrected chi connectivity index (χ2v) is 7.81. The molecule has 1 aromatic carbocycles. The highest BCUT2D eigenvalue weighted by molar-refractivity contribution is 9.10. The predicted molar refractivity (Wildman–Crippen MR) is 72.2 cm³/mol. The second kappa shape index (κ2) is 5.38. The Morgan fingerprint density at radius 1 is 1.47 bits per heavy atom. The van der Waals surface area contributed by atoms with Gasteiger partial charge in [0.25, 0.3) is 15.0 Å². The van der Waals surface area contributed by atoms with E-state index in [-0.39, 0.29) is 10.0 Å². The van der Waals surface area contributed by atoms with Gasteiger partial charge in [-0.25, -0.2) is 12.8 Å². The summed E-state index contributed by atoms with van der Waals surface area (Å²) in [5.74, 6) is -1.34. The zero-order valence-corrected chi connectivity index (χ0v) is 12.8. The summed E-state index contributed by atoms with van der Waals surface area (Å²) in [5.41, 5.74) is -0.339. The molecule has 0 unspecified atom stereocenters. The van der Waals surface area contributed by atoms with Crippen LogP contribution in [0.2, 0.25) is 0 Å². The van der Waals surface area contributed by atoms with Crippen molar-refractivity contribution in [2.24, 2.45) is 5.92 Å². The van der Waals surface area contributed by atoms with Crippen molar-refractivity contribution >= 4 is 41.6 Å². The van der Waals surface area contributed by atoms with Crippen LogP contribution in [0.1, 0.15) is 23.2 Å². The summed E-state index contributed by atoms with van der Waals surface area (Å²) in [7, 11) is 0.886. The Hall–Kier alpha value is -0.660. The molecule has 0 aliphatic heterocycles. The lowest BCUT2D eigenvalue weighted by molar-refractivity contribution is 0.0947. The maximum Gasteiger partial charge on any atom is 0.264 e. The smallest absolute Gasteiger partial charge is 0.264 e. The molecule has 1 saturated carbocycles. The minimum Gasteiger partial charge on any atom is -0.352 e. The summed E-state index contributed by atoms with van der Waals surface area (Å²) in [6, 6.07) is 2.25. The fourth-order valence-electron chi connectivity index (χ4n) is 1.56. The summed E-state index contributed by atoms with van der Waals surface area (Å²) in [6.45, 7) is 0.466. The summed E-state index contributed by atoms with van der Waals surface area (Å²) < 4.78 is 36.7. The first-order chi connectivity index (χ1) is 8.79. The van der Waals surface area contributed by atoms with Crippen molar-refractivity contribution in [3.05, 3.63) is 28.0 Å². The molecule has 1 aromatic rings. The monoisotopic (exact) mass is 369 g/mol. The van der Waals surface area contributed by atoms with Crippen LogP contribution in [0.4, 0.5) is 4.39 Å². The van der Waals surface area contributed by atoms with Gasteiger partial charge in [-0.3, -0.25) is 4.79 Å². The maximum absolute atomic E-state index is 14.0. The summed E-state index contributed by atoms with van der Waals surface area (Å²) in [5, 5.41) is 2.57. The van der Waals surface area contributed by atoms with Gasteiger partial charge in [0.1, 0.15) is 4.90 Å². The van der Waals surface area contributed by atoms with Gasteiger partial charge in [0.05, 0.1) is 5.56 Å². The molecule has 1 aliphatic carbocycles. The fraction of sp³-hybridized carbons (Fsp3) is 0.364. The average Bonchev–Trinajstić information content (AvgIpc) is 3.11. The number of hydrogen-bond acceptors (Lipinski definition) is 3. The maximum atomic E-state index is 14.0. The number of amides is 1. The van der Waals surface area contributed by atoms with Gasteiger partial charge >= 0.3 is 0 Å². The van der Waals surface area contributed by atoms with Crippen LogP contribution in [-0.4, -0.2) is 20.9 Å². The van der Waals surface area contributed by atoms with Crippen LogP contribution < -0.4 is 5.32 Å². The largest absolute Gasteiger partial charge is 0.352 e. The zero-order chi connectivity index (χ0) is 14.2. The highest BCUT2D eigenvalue weighted by Gasteiger charge is 2.26. The zero-order valence-electron chi connectivity index (χ0n) is 9.62. The highest BCUT2D eigenvalue weighted by atomic mass is 79.9. The van der Waals surface area contributed by atoms with Gasteiger partial charge in [-0.05, 0) is 30.9 Å². The van der Waals surface area contributed by atoms with E-state index in [2.05, 4.69) is 21.2 Å². The predicted octanol–water partition coefficient (Wildman–Crippen LogP) is 2.66. The Bertz CT molecular complexity index is 631. The summed E-state index contributed by atoms with van der Waals surface area (Å²) >= 11 is 3.03. The Balaban J connectivity index is 2.33. The van der Waals surface area contributed by atoms with Gasteiger partial charge in [0.15, 0.2) is 5.82 Å². The molecule has 0 heterocycles. The standard InChI is InChI=1S/C11H10BrClFNO3S/c12-7-3-8(11(16)15-5-6-1-2-6)10(14)9(4-7)19(13,17)18/h3-4,6H,1-2,5H2,(H,15,16). The van der Waals surface area contributed by atoms with Crippen molar-refractivity contribution in [3.8, 4) is 0 Å². The number of nitrogens with one attached hydrogen (secondary N) is 1. The molecule has 104 valence electrons. The van der Waals surface area contributed by atoms with E-state index in [0.29, 0.717) is 12.5 Å². The Labute approximate surface area is 122 Å². The van der Waals surface area contributed by atoms with Crippen LogP contribution >= 0.6 is 26.6 Å². The van der Waals surface area contributed by atoms with Crippen molar-refractivity contribution in [2.45, 2.75) is 17.7 Å². The Morgan fingerprint density at radius 2 is 2.11 bits per heavy atom. The van der Waals surface area contributed by atoms with Gasteiger partial charge < -0.3 is 5.32 Å². The van der Waals surface area contributed by atoms with E-state index in [1.807, 2.05) is 0 Å². The van der Waals surface area contributed by atoms with Crippen molar-refractivity contribution in [1.82, 2.24) is 5.32 Å². The first-order valence-corrected chi connectivity index (χ1v) is 8.61. The van der Waals surface area contributed by atoms with Gasteiger partial charge in [0.2, 0.25) is 0 Å². The molecule has 19 heavy (non-hydrogen) atoms. The normalized spacial score (nSPS) is 15.3. The lowest BCUT2D eigenvalue weighted by atomic mass is 10.2. The van der Waals surface area contributed by atoms with Crippen LogP contribution in [0, 0.1) is 11.7 Å². The van der Waals surface area contributed by atoms with E-state index in [0.717, 1.165) is 18.9 Å². The Morgan fingerprint density at radius 3 is 2.63 bits per heavy atom. The van der Waals surface area contributed by atoms with Gasteiger partial charge in [-0.1, -0.05) is 15.9 Å². The molecule has 0 atom stereocenters. The topological polar surface area (TPSA) is 63.2 Å². The third-order valence-electron chi connectivity index (χ3n) is 2.76. The summed E-state index contributed by atoms with van der Waals surface area (Å²) in [6.07, 6.45) is 2.09. The van der Waals surface area contributed by atoms with Gasteiger partial charge in [0, 0.05) is 21.7 Å². The second-order valence-electron chi connectivity index (χ2n) is 4.36. The third-order valence-corrected chi connectivity index (χ3v) is 4.54. The summed E-state index contributed by atoms with van der Waals surface area (Å²) in [4.78, 5) is 11.1. The molecule has 0 radical (unpaired) electrons. The third kappa shape index (κ3) is 3.67. The molecule has 0 bridgehead atoms. The number of carbonyl (C=O) groups excluding carboxylic acids is 1. The number of rotatable bonds is 4. The van der Waals surface area contributed by atoms with Crippen LogP contribution in [-0.2, 0) is 9.05 Å². The van der Waals surface area contributed by atoms with Gasteiger partial charge in [-0.2, -0.15) is 0 Å². The minimum absolute atomic E-state index is 0.268. The molecule has 8 heteroatoms.